The Morgan fingerprint density at radius 3 is 2.14 bits per heavy atom. The van der Waals surface area contributed by atoms with E-state index in [2.05, 4.69) is 0 Å². The van der Waals surface area contributed by atoms with E-state index in [-0.39, 0.29) is 24.4 Å². The molecule has 2 aromatic carbocycles. The molecule has 152 valence electrons. The Morgan fingerprint density at radius 1 is 1.00 bits per heavy atom. The van der Waals surface area contributed by atoms with E-state index in [1.807, 2.05) is 5.32 Å². The van der Waals surface area contributed by atoms with Gasteiger partial charge in [-0.15, -0.1) is 0 Å². The molecular weight excluding hydrogens is 403 g/mol. The summed E-state index contributed by atoms with van der Waals surface area (Å²) >= 11 is 0. The van der Waals surface area contributed by atoms with E-state index in [4.69, 9.17) is 4.74 Å². The van der Waals surface area contributed by atoms with Gasteiger partial charge in [-0.25, -0.2) is 26.7 Å². The fourth-order valence-electron chi connectivity index (χ4n) is 2.78. The number of hydrogen-bond acceptors (Lipinski definition) is 4. The van der Waals surface area contributed by atoms with E-state index in [1.165, 1.54) is 13.2 Å². The second-order valence-corrected chi connectivity index (χ2v) is 5.92. The van der Waals surface area contributed by atoms with Crippen molar-refractivity contribution in [2.24, 2.45) is 0 Å². The van der Waals surface area contributed by atoms with Crippen molar-refractivity contribution in [3.63, 3.8) is 0 Å². The number of ether oxygens (including phenoxy) is 1. The van der Waals surface area contributed by atoms with Gasteiger partial charge in [-0.3, -0.25) is 19.8 Å². The van der Waals surface area contributed by atoms with Crippen LogP contribution in [0.25, 0.3) is 0 Å². The molecule has 3 rings (SSSR count). The number of hydrogen-bond donors (Lipinski definition) is 1. The number of amides is 3. The fourth-order valence-corrected chi connectivity index (χ4v) is 2.78. The maximum Gasteiger partial charge on any atom is 0.328 e. The van der Waals surface area contributed by atoms with Gasteiger partial charge in [0.1, 0.15) is 11.3 Å². The molecule has 0 saturated carbocycles. The number of ketones is 1. The van der Waals surface area contributed by atoms with Gasteiger partial charge in [0.2, 0.25) is 11.7 Å². The van der Waals surface area contributed by atoms with Crippen LogP contribution < -0.4 is 15.0 Å². The zero-order valence-corrected chi connectivity index (χ0v) is 14.6. The molecule has 0 unspecified atom stereocenters. The average Bonchev–Trinajstić information content (AvgIpc) is 2.70. The molecule has 2 aromatic rings. The summed E-state index contributed by atoms with van der Waals surface area (Å²) < 4.78 is 73.1. The van der Waals surface area contributed by atoms with Crippen LogP contribution in [0.1, 0.15) is 22.3 Å². The van der Waals surface area contributed by atoms with Crippen molar-refractivity contribution >= 4 is 23.4 Å². The van der Waals surface area contributed by atoms with Crippen molar-refractivity contribution in [3.05, 3.63) is 58.4 Å². The molecule has 1 fully saturated rings. The highest BCUT2D eigenvalue weighted by molar-refractivity contribution is 6.11. The summed E-state index contributed by atoms with van der Waals surface area (Å²) in [7, 11) is 1.25. The average molecular weight is 414 g/mol. The lowest BCUT2D eigenvalue weighted by molar-refractivity contribution is -0.120. The number of nitrogens with zero attached hydrogens (tertiary/aromatic N) is 1. The van der Waals surface area contributed by atoms with Crippen molar-refractivity contribution in [1.82, 2.24) is 5.32 Å². The molecule has 29 heavy (non-hydrogen) atoms. The number of carbonyl (C=O) groups excluding carboxylic acids is 3. The van der Waals surface area contributed by atoms with E-state index in [1.54, 1.807) is 0 Å². The van der Waals surface area contributed by atoms with Crippen LogP contribution in [0.3, 0.4) is 0 Å². The maximum atomic E-state index is 14.0. The van der Waals surface area contributed by atoms with Gasteiger partial charge < -0.3 is 4.74 Å². The molecule has 0 aromatic heterocycles. The lowest BCUT2D eigenvalue weighted by Gasteiger charge is -2.28. The van der Waals surface area contributed by atoms with E-state index < -0.39 is 57.9 Å². The number of benzene rings is 2. The molecule has 1 heterocycles. The molecule has 1 aliphatic heterocycles. The van der Waals surface area contributed by atoms with Crippen LogP contribution in [0.15, 0.2) is 18.2 Å². The minimum atomic E-state index is -2.39. The zero-order valence-electron chi connectivity index (χ0n) is 14.6. The number of rotatable bonds is 4. The van der Waals surface area contributed by atoms with Crippen molar-refractivity contribution in [2.75, 3.05) is 18.6 Å². The summed E-state index contributed by atoms with van der Waals surface area (Å²) in [4.78, 5) is 36.9. The van der Waals surface area contributed by atoms with Gasteiger partial charge in [-0.05, 0) is 18.2 Å². The van der Waals surface area contributed by atoms with Gasteiger partial charge in [0, 0.05) is 18.5 Å². The number of methoxy groups -OCH3 is 1. The SMILES string of the molecule is COc1ccc(C(=O)c2c(F)c(F)c(F)c(F)c2F)cc1N1CCC(=O)NC1=O. The molecule has 0 aliphatic carbocycles. The van der Waals surface area contributed by atoms with Crippen LogP contribution in [0.4, 0.5) is 32.4 Å². The number of nitrogens with one attached hydrogen (secondary N) is 1. The second-order valence-electron chi connectivity index (χ2n) is 5.92. The first-order chi connectivity index (χ1) is 13.7. The van der Waals surface area contributed by atoms with Crippen LogP contribution in [-0.2, 0) is 4.79 Å². The van der Waals surface area contributed by atoms with Crippen LogP contribution >= 0.6 is 0 Å². The molecule has 0 spiro atoms. The summed E-state index contributed by atoms with van der Waals surface area (Å²) in [6, 6.07) is 2.38. The number of anilines is 1. The van der Waals surface area contributed by atoms with E-state index >= 15 is 0 Å². The number of carbonyl (C=O) groups is 3. The van der Waals surface area contributed by atoms with Crippen molar-refractivity contribution in [1.29, 1.82) is 0 Å². The first-order valence-corrected chi connectivity index (χ1v) is 8.02. The van der Waals surface area contributed by atoms with Gasteiger partial charge in [-0.1, -0.05) is 0 Å². The molecule has 3 amide bonds. The molecular formula is C18H11F5N2O4. The van der Waals surface area contributed by atoms with Crippen molar-refractivity contribution in [3.8, 4) is 5.75 Å². The first kappa shape index (κ1) is 20.2. The van der Waals surface area contributed by atoms with Gasteiger partial charge >= 0.3 is 6.03 Å². The third-order valence-corrected chi connectivity index (χ3v) is 4.22. The Balaban J connectivity index is 2.11. The Labute approximate surface area is 159 Å². The van der Waals surface area contributed by atoms with Gasteiger partial charge in [0.15, 0.2) is 29.1 Å². The summed E-state index contributed by atoms with van der Waals surface area (Å²) in [5, 5.41) is 2.05. The highest BCUT2D eigenvalue weighted by Gasteiger charge is 2.32. The van der Waals surface area contributed by atoms with Crippen LogP contribution in [0.2, 0.25) is 0 Å². The molecule has 11 heteroatoms. The smallest absolute Gasteiger partial charge is 0.328 e. The Bertz CT molecular complexity index is 1030. The van der Waals surface area contributed by atoms with E-state index in [0.717, 1.165) is 17.0 Å². The summed E-state index contributed by atoms with van der Waals surface area (Å²) in [5.74, 6) is -13.4. The number of urea groups is 1. The van der Waals surface area contributed by atoms with Gasteiger partial charge in [0.05, 0.1) is 12.8 Å². The highest BCUT2D eigenvalue weighted by Crippen LogP contribution is 2.32. The summed E-state index contributed by atoms with van der Waals surface area (Å²) in [5.41, 5.74) is -2.13. The van der Waals surface area contributed by atoms with Crippen LogP contribution in [-0.4, -0.2) is 31.4 Å². The number of halogens is 5. The zero-order chi connectivity index (χ0) is 21.5. The fraction of sp³-hybridized carbons (Fsp3) is 0.167. The standard InChI is InChI=1S/C18H11F5N2O4/c1-29-9-3-2-7(6-8(9)25-5-4-10(26)24-18(25)28)17(27)11-12(19)14(21)16(23)15(22)13(11)20/h2-3,6H,4-5H2,1H3,(H,24,26,28). The number of imide groups is 1. The van der Waals surface area contributed by atoms with Gasteiger partial charge in [-0.2, -0.15) is 0 Å². The summed E-state index contributed by atoms with van der Waals surface area (Å²) in [6.45, 7) is -0.0821. The molecule has 1 saturated heterocycles. The molecule has 1 aliphatic rings. The third kappa shape index (κ3) is 3.39. The van der Waals surface area contributed by atoms with Crippen LogP contribution in [0.5, 0.6) is 5.75 Å². The Kier molecular flexibility index (Phi) is 5.23. The monoisotopic (exact) mass is 414 g/mol. The highest BCUT2D eigenvalue weighted by atomic mass is 19.2. The van der Waals surface area contributed by atoms with E-state index in [0.29, 0.717) is 0 Å². The summed E-state index contributed by atoms with van der Waals surface area (Å²) in [6.07, 6.45) is -0.0648. The molecule has 0 bridgehead atoms. The predicted octanol–water partition coefficient (Wildman–Crippen LogP) is 3.07. The third-order valence-electron chi connectivity index (χ3n) is 4.22. The largest absolute Gasteiger partial charge is 0.495 e. The maximum absolute atomic E-state index is 14.0. The van der Waals surface area contributed by atoms with Crippen molar-refractivity contribution in [2.45, 2.75) is 6.42 Å². The Morgan fingerprint density at radius 2 is 1.59 bits per heavy atom. The lowest BCUT2D eigenvalue weighted by atomic mass is 10.00. The molecule has 0 atom stereocenters. The Hall–Kier alpha value is -3.50. The van der Waals surface area contributed by atoms with E-state index in [9.17, 15) is 36.3 Å². The second kappa shape index (κ2) is 7.49. The molecule has 1 N–H and O–H groups in total. The minimum absolute atomic E-state index is 0.0350. The quantitative estimate of drug-likeness (QED) is 0.361. The van der Waals surface area contributed by atoms with Gasteiger partial charge in [0.25, 0.3) is 0 Å². The molecule has 6 nitrogen and oxygen atoms in total. The lowest BCUT2D eigenvalue weighted by Crippen LogP contribution is -2.49. The van der Waals surface area contributed by atoms with Crippen molar-refractivity contribution < 1.29 is 41.1 Å². The van der Waals surface area contributed by atoms with Crippen LogP contribution in [0, 0.1) is 29.1 Å². The predicted molar refractivity (Wildman–Crippen MR) is 88.2 cm³/mol. The topological polar surface area (TPSA) is 75.7 Å². The molecule has 0 radical (unpaired) electrons. The minimum Gasteiger partial charge on any atom is -0.495 e. The normalized spacial score (nSPS) is 14.1. The first-order valence-electron chi connectivity index (χ1n) is 8.02.